The van der Waals surface area contributed by atoms with Gasteiger partial charge in [-0.15, -0.1) is 0 Å². The smallest absolute Gasteiger partial charge is 0.359 e. The van der Waals surface area contributed by atoms with Gasteiger partial charge in [0, 0.05) is 27.6 Å². The first-order chi connectivity index (χ1) is 21.3. The maximum absolute atomic E-state index is 13.1. The first kappa shape index (κ1) is 35.7. The fourth-order valence-corrected chi connectivity index (χ4v) is 5.57. The third-order valence-corrected chi connectivity index (χ3v) is 8.18. The fraction of sp³-hybridized carbons (Fsp3) is 0.457. The van der Waals surface area contributed by atoms with Crippen LogP contribution in [0.25, 0.3) is 16.9 Å². The molecule has 0 spiro atoms. The Kier molecular flexibility index (Phi) is 15.9. The predicted molar refractivity (Wildman–Crippen MR) is 182 cm³/mol. The molecule has 0 aliphatic rings. The van der Waals surface area contributed by atoms with Crippen LogP contribution >= 0.6 is 34.8 Å². The van der Waals surface area contributed by atoms with E-state index >= 15 is 0 Å². The summed E-state index contributed by atoms with van der Waals surface area (Å²) in [5.41, 5.74) is 2.85. The third-order valence-electron chi connectivity index (χ3n) is 7.39. The highest BCUT2D eigenvalue weighted by Gasteiger charge is 2.24. The van der Waals surface area contributed by atoms with Crippen molar-refractivity contribution in [3.05, 3.63) is 80.9 Å². The van der Waals surface area contributed by atoms with Gasteiger partial charge in [-0.1, -0.05) is 105 Å². The molecule has 3 rings (SSSR count). The van der Waals surface area contributed by atoms with Gasteiger partial charge >= 0.3 is 5.97 Å². The Hall–Kier alpha value is -2.80. The molecular weight excluding hydrogens is 617 g/mol. The summed E-state index contributed by atoms with van der Waals surface area (Å²) in [7, 11) is 0. The molecule has 1 heterocycles. The average Bonchev–Trinajstić information content (AvgIpc) is 3.34. The van der Waals surface area contributed by atoms with Crippen LogP contribution in [-0.4, -0.2) is 34.8 Å². The quantitative estimate of drug-likeness (QED) is 0.0789. The minimum atomic E-state index is -0.581. The number of benzene rings is 2. The number of unbranched alkanes of at least 4 members (excludes halogenated alkanes) is 9. The summed E-state index contributed by atoms with van der Waals surface area (Å²) in [6.45, 7) is 4.33. The first-order valence-corrected chi connectivity index (χ1v) is 16.8. The number of amides is 1. The van der Waals surface area contributed by atoms with Crippen LogP contribution in [0.1, 0.15) is 100 Å². The van der Waals surface area contributed by atoms with E-state index in [1.165, 1.54) is 44.9 Å². The highest BCUT2D eigenvalue weighted by atomic mass is 35.5. The molecule has 0 bridgehead atoms. The number of carbonyl (C=O) groups excluding carboxylic acids is 2. The highest BCUT2D eigenvalue weighted by Crippen LogP contribution is 2.33. The average molecular weight is 661 g/mol. The molecule has 0 aliphatic carbocycles. The van der Waals surface area contributed by atoms with Crippen LogP contribution in [0.5, 0.6) is 0 Å². The van der Waals surface area contributed by atoms with E-state index in [-0.39, 0.29) is 24.8 Å². The van der Waals surface area contributed by atoms with Crippen molar-refractivity contribution < 1.29 is 14.3 Å². The molecule has 0 unspecified atom stereocenters. The number of allylic oxidation sites excluding steroid dienone is 2. The normalized spacial score (nSPS) is 11.3. The SMILES string of the molecule is CCCCCC/C=C/CCCCCCCC(=O)NCCOC(=O)c1nn(-c2ccc(Cl)cc2Cl)c(-c2ccc(Cl)cc2)c1C. The number of rotatable bonds is 19. The Morgan fingerprint density at radius 1 is 0.864 bits per heavy atom. The van der Waals surface area contributed by atoms with E-state index in [4.69, 9.17) is 39.5 Å². The first-order valence-electron chi connectivity index (χ1n) is 15.7. The molecule has 44 heavy (non-hydrogen) atoms. The van der Waals surface area contributed by atoms with Gasteiger partial charge in [0.25, 0.3) is 0 Å². The lowest BCUT2D eigenvalue weighted by molar-refractivity contribution is -0.121. The molecule has 1 N–H and O–H groups in total. The van der Waals surface area contributed by atoms with E-state index in [2.05, 4.69) is 29.5 Å². The second-order valence-electron chi connectivity index (χ2n) is 10.9. The van der Waals surface area contributed by atoms with E-state index in [0.29, 0.717) is 38.4 Å². The number of hydrogen-bond acceptors (Lipinski definition) is 4. The van der Waals surface area contributed by atoms with Crippen molar-refractivity contribution in [3.63, 3.8) is 0 Å². The highest BCUT2D eigenvalue weighted by molar-refractivity contribution is 6.35. The molecule has 0 fully saturated rings. The maximum Gasteiger partial charge on any atom is 0.359 e. The molecule has 0 aliphatic heterocycles. The molecule has 1 amide bonds. The number of nitrogens with zero attached hydrogens (tertiary/aromatic N) is 2. The van der Waals surface area contributed by atoms with Crippen LogP contribution < -0.4 is 5.32 Å². The summed E-state index contributed by atoms with van der Waals surface area (Å²) < 4.78 is 7.09. The summed E-state index contributed by atoms with van der Waals surface area (Å²) >= 11 is 18.7. The number of esters is 1. The van der Waals surface area contributed by atoms with E-state index < -0.39 is 5.97 Å². The molecule has 0 saturated carbocycles. The lowest BCUT2D eigenvalue weighted by Gasteiger charge is -2.11. The molecule has 0 radical (unpaired) electrons. The second kappa shape index (κ2) is 19.6. The van der Waals surface area contributed by atoms with Gasteiger partial charge in [0.15, 0.2) is 5.69 Å². The van der Waals surface area contributed by atoms with Crippen molar-refractivity contribution in [2.45, 2.75) is 90.9 Å². The topological polar surface area (TPSA) is 73.2 Å². The van der Waals surface area contributed by atoms with Gasteiger partial charge in [-0.25, -0.2) is 9.48 Å². The van der Waals surface area contributed by atoms with Gasteiger partial charge in [-0.2, -0.15) is 5.10 Å². The van der Waals surface area contributed by atoms with Crippen molar-refractivity contribution in [1.82, 2.24) is 15.1 Å². The summed E-state index contributed by atoms with van der Waals surface area (Å²) in [5, 5.41) is 8.88. The molecule has 3 aromatic rings. The van der Waals surface area contributed by atoms with Crippen LogP contribution in [0.4, 0.5) is 0 Å². The summed E-state index contributed by atoms with van der Waals surface area (Å²) in [5.74, 6) is -0.614. The van der Waals surface area contributed by atoms with Gasteiger partial charge < -0.3 is 10.1 Å². The lowest BCUT2D eigenvalue weighted by atomic mass is 10.1. The standard InChI is InChI=1S/C35H44Cl3N3O3/c1-3-4-5-6-7-8-9-10-11-12-13-14-15-16-32(42)39-23-24-44-35(43)33-26(2)34(27-17-19-28(36)20-18-27)41(40-33)31-22-21-29(37)25-30(31)38/h8-9,17-22,25H,3-7,10-16,23-24H2,1-2H3,(H,39,42)/b9-8+. The Labute approximate surface area is 277 Å². The minimum Gasteiger partial charge on any atom is -0.459 e. The minimum absolute atomic E-state index is 0.0325. The van der Waals surface area contributed by atoms with E-state index in [9.17, 15) is 9.59 Å². The summed E-state index contributed by atoms with van der Waals surface area (Å²) in [6, 6.07) is 12.3. The van der Waals surface area contributed by atoms with Gasteiger partial charge in [0.1, 0.15) is 6.61 Å². The van der Waals surface area contributed by atoms with Crippen molar-refractivity contribution >= 4 is 46.7 Å². The van der Waals surface area contributed by atoms with Gasteiger partial charge in [0.2, 0.25) is 5.91 Å². The molecule has 1 aromatic heterocycles. The number of nitrogens with one attached hydrogen (secondary N) is 1. The van der Waals surface area contributed by atoms with Crippen LogP contribution in [0.15, 0.2) is 54.6 Å². The van der Waals surface area contributed by atoms with Gasteiger partial charge in [0.05, 0.1) is 22.9 Å². The van der Waals surface area contributed by atoms with Crippen LogP contribution in [0.2, 0.25) is 15.1 Å². The number of ether oxygens (including phenoxy) is 1. The Morgan fingerprint density at radius 3 is 2.18 bits per heavy atom. The molecule has 0 saturated heterocycles. The fourth-order valence-electron chi connectivity index (χ4n) is 4.96. The largest absolute Gasteiger partial charge is 0.459 e. The number of carbonyl (C=O) groups is 2. The monoisotopic (exact) mass is 659 g/mol. The maximum atomic E-state index is 13.1. The predicted octanol–water partition coefficient (Wildman–Crippen LogP) is 10.3. The van der Waals surface area contributed by atoms with Crippen molar-refractivity contribution in [1.29, 1.82) is 0 Å². The van der Waals surface area contributed by atoms with E-state index in [1.807, 2.05) is 19.1 Å². The van der Waals surface area contributed by atoms with E-state index in [0.717, 1.165) is 31.2 Å². The second-order valence-corrected chi connectivity index (χ2v) is 12.2. The third kappa shape index (κ3) is 11.6. The summed E-state index contributed by atoms with van der Waals surface area (Å²) in [4.78, 5) is 25.3. The zero-order valence-corrected chi connectivity index (χ0v) is 28.1. The number of aromatic nitrogens is 2. The number of hydrogen-bond donors (Lipinski definition) is 1. The van der Waals surface area contributed by atoms with Crippen LogP contribution in [0.3, 0.4) is 0 Å². The van der Waals surface area contributed by atoms with Crippen molar-refractivity contribution in [2.24, 2.45) is 0 Å². The van der Waals surface area contributed by atoms with Gasteiger partial charge in [-0.3, -0.25) is 4.79 Å². The van der Waals surface area contributed by atoms with Crippen molar-refractivity contribution in [3.8, 4) is 16.9 Å². The summed E-state index contributed by atoms with van der Waals surface area (Å²) in [6.07, 6.45) is 18.1. The number of halogens is 3. The molecular formula is C35H44Cl3N3O3. The zero-order chi connectivity index (χ0) is 31.7. The lowest BCUT2D eigenvalue weighted by Crippen LogP contribution is -2.28. The molecule has 0 atom stereocenters. The molecule has 6 nitrogen and oxygen atoms in total. The van der Waals surface area contributed by atoms with Crippen LogP contribution in [0, 0.1) is 6.92 Å². The van der Waals surface area contributed by atoms with Gasteiger partial charge in [-0.05, 0) is 69.4 Å². The molecule has 238 valence electrons. The Balaban J connectivity index is 1.42. The Bertz CT molecular complexity index is 1370. The van der Waals surface area contributed by atoms with E-state index in [1.54, 1.807) is 35.0 Å². The molecule has 2 aromatic carbocycles. The molecule has 9 heteroatoms. The Morgan fingerprint density at radius 2 is 1.50 bits per heavy atom. The van der Waals surface area contributed by atoms with Crippen LogP contribution in [-0.2, 0) is 9.53 Å². The zero-order valence-electron chi connectivity index (χ0n) is 25.8. The van der Waals surface area contributed by atoms with Crippen molar-refractivity contribution in [2.75, 3.05) is 13.2 Å².